The highest BCUT2D eigenvalue weighted by Crippen LogP contribution is 2.40. The summed E-state index contributed by atoms with van der Waals surface area (Å²) in [6.07, 6.45) is 13.4. The first-order valence-electron chi connectivity index (χ1n) is 13.3. The Morgan fingerprint density at radius 3 is 2.47 bits per heavy atom. The van der Waals surface area contributed by atoms with Crippen LogP contribution in [0.4, 0.5) is 0 Å². The molecule has 1 aromatic rings. The molecule has 1 aliphatic carbocycles. The Balaban J connectivity index is 1.45. The molecule has 0 radical (unpaired) electrons. The van der Waals surface area contributed by atoms with Crippen molar-refractivity contribution < 1.29 is 9.53 Å². The van der Waals surface area contributed by atoms with Gasteiger partial charge in [0.15, 0.2) is 0 Å². The van der Waals surface area contributed by atoms with Crippen molar-refractivity contribution in [2.75, 3.05) is 32.8 Å². The van der Waals surface area contributed by atoms with Gasteiger partial charge in [-0.2, -0.15) is 0 Å². The lowest BCUT2D eigenvalue weighted by atomic mass is 9.72. The number of piperidine rings is 1. The fraction of sp³-hybridized carbons (Fsp3) is 0.750. The van der Waals surface area contributed by atoms with Crippen molar-refractivity contribution in [1.29, 1.82) is 0 Å². The molecule has 0 aromatic heterocycles. The van der Waals surface area contributed by atoms with Crippen molar-refractivity contribution in [3.8, 4) is 5.75 Å². The summed E-state index contributed by atoms with van der Waals surface area (Å²) in [6, 6.07) is 8.65. The van der Waals surface area contributed by atoms with Crippen molar-refractivity contribution in [2.45, 2.75) is 90.5 Å². The zero-order chi connectivity index (χ0) is 22.4. The van der Waals surface area contributed by atoms with E-state index in [9.17, 15) is 4.79 Å². The van der Waals surface area contributed by atoms with Crippen LogP contribution in [0.2, 0.25) is 0 Å². The Kier molecular flexibility index (Phi) is 8.15. The Morgan fingerprint density at radius 2 is 1.72 bits per heavy atom. The fourth-order valence-electron chi connectivity index (χ4n) is 6.25. The van der Waals surface area contributed by atoms with Crippen LogP contribution in [0.1, 0.15) is 83.6 Å². The molecular formula is C28H44N2O2. The highest BCUT2D eigenvalue weighted by Gasteiger charge is 2.43. The molecule has 4 heteroatoms. The fourth-order valence-corrected chi connectivity index (χ4v) is 6.25. The van der Waals surface area contributed by atoms with E-state index in [0.29, 0.717) is 19.1 Å². The molecule has 0 N–H and O–H groups in total. The average molecular weight is 441 g/mol. The van der Waals surface area contributed by atoms with Crippen LogP contribution in [0.25, 0.3) is 0 Å². The summed E-state index contributed by atoms with van der Waals surface area (Å²) in [6.45, 7) is 9.00. The number of para-hydroxylation sites is 1. The number of amides is 1. The van der Waals surface area contributed by atoms with Crippen LogP contribution in [-0.4, -0.2) is 54.5 Å². The summed E-state index contributed by atoms with van der Waals surface area (Å²) < 4.78 is 6.16. The van der Waals surface area contributed by atoms with E-state index in [-0.39, 0.29) is 11.5 Å². The quantitative estimate of drug-likeness (QED) is 0.605. The Hall–Kier alpha value is -1.55. The number of benzene rings is 1. The van der Waals surface area contributed by atoms with Gasteiger partial charge >= 0.3 is 0 Å². The number of carbonyl (C=O) groups is 1. The van der Waals surface area contributed by atoms with Crippen molar-refractivity contribution >= 4 is 5.91 Å². The standard InChI is InChI=1S/C28H44N2O2/c1-23(2)30-20-21-32-26-14-7-6-12-25(26)13-8-9-15-28(27(30)31)16-18-29(19-17-28)22-24-10-4-3-5-11-24/h6-7,12,14,23-24H,3-5,8-11,13,15-22H2,1-2H3. The van der Waals surface area contributed by atoms with Crippen molar-refractivity contribution in [1.82, 2.24) is 9.80 Å². The summed E-state index contributed by atoms with van der Waals surface area (Å²) in [5, 5.41) is 0. The molecule has 0 unspecified atom stereocenters. The lowest BCUT2D eigenvalue weighted by molar-refractivity contribution is -0.148. The van der Waals surface area contributed by atoms with E-state index in [0.717, 1.165) is 63.3 Å². The third kappa shape index (κ3) is 5.68. The number of rotatable bonds is 3. The van der Waals surface area contributed by atoms with Crippen LogP contribution in [0.5, 0.6) is 5.75 Å². The molecule has 0 atom stereocenters. The molecule has 4 rings (SSSR count). The molecule has 1 saturated heterocycles. The number of carbonyl (C=O) groups excluding carboxylic acids is 1. The summed E-state index contributed by atoms with van der Waals surface area (Å²) in [5.74, 6) is 2.27. The first-order chi connectivity index (χ1) is 15.6. The summed E-state index contributed by atoms with van der Waals surface area (Å²) in [7, 11) is 0. The van der Waals surface area contributed by atoms with Gasteiger partial charge in [0.1, 0.15) is 12.4 Å². The molecule has 32 heavy (non-hydrogen) atoms. The van der Waals surface area contributed by atoms with Crippen molar-refractivity contribution in [3.63, 3.8) is 0 Å². The lowest BCUT2D eigenvalue weighted by Gasteiger charge is -2.45. The van der Waals surface area contributed by atoms with Gasteiger partial charge in [0.2, 0.25) is 5.91 Å². The third-order valence-corrected chi connectivity index (χ3v) is 8.31. The van der Waals surface area contributed by atoms with E-state index in [1.807, 2.05) is 6.07 Å². The van der Waals surface area contributed by atoms with Crippen LogP contribution in [0.3, 0.4) is 0 Å². The van der Waals surface area contributed by atoms with Crippen LogP contribution >= 0.6 is 0 Å². The third-order valence-electron chi connectivity index (χ3n) is 8.31. The summed E-state index contributed by atoms with van der Waals surface area (Å²) >= 11 is 0. The highest BCUT2D eigenvalue weighted by molar-refractivity contribution is 5.83. The first kappa shape index (κ1) is 23.6. The second-order valence-corrected chi connectivity index (χ2v) is 10.8. The van der Waals surface area contributed by atoms with E-state index in [4.69, 9.17) is 4.74 Å². The van der Waals surface area contributed by atoms with Gasteiger partial charge in [0.25, 0.3) is 0 Å². The number of nitrogens with zero attached hydrogens (tertiary/aromatic N) is 2. The minimum absolute atomic E-state index is 0.175. The predicted octanol–water partition coefficient (Wildman–Crippen LogP) is 5.69. The average Bonchev–Trinajstić information content (AvgIpc) is 2.81. The van der Waals surface area contributed by atoms with Gasteiger partial charge in [-0.3, -0.25) is 4.79 Å². The molecule has 3 aliphatic rings. The number of fused-ring (bicyclic) bond motifs is 1. The van der Waals surface area contributed by atoms with E-state index >= 15 is 0 Å². The molecule has 178 valence electrons. The first-order valence-corrected chi connectivity index (χ1v) is 13.3. The van der Waals surface area contributed by atoms with Crippen LogP contribution in [-0.2, 0) is 11.2 Å². The molecule has 2 fully saturated rings. The van der Waals surface area contributed by atoms with Crippen LogP contribution in [0.15, 0.2) is 24.3 Å². The minimum Gasteiger partial charge on any atom is -0.491 e. The zero-order valence-electron chi connectivity index (χ0n) is 20.5. The zero-order valence-corrected chi connectivity index (χ0v) is 20.5. The van der Waals surface area contributed by atoms with E-state index in [2.05, 4.69) is 41.8 Å². The van der Waals surface area contributed by atoms with Crippen LogP contribution < -0.4 is 4.74 Å². The Bertz CT molecular complexity index is 733. The molecule has 4 nitrogen and oxygen atoms in total. The molecule has 1 saturated carbocycles. The number of ether oxygens (including phenoxy) is 1. The maximum Gasteiger partial charge on any atom is 0.229 e. The normalized spacial score (nSPS) is 24.0. The predicted molar refractivity (Wildman–Crippen MR) is 131 cm³/mol. The highest BCUT2D eigenvalue weighted by atomic mass is 16.5. The van der Waals surface area contributed by atoms with E-state index in [1.165, 1.54) is 44.2 Å². The Labute approximate surface area is 195 Å². The molecule has 2 heterocycles. The monoisotopic (exact) mass is 440 g/mol. The molecular weight excluding hydrogens is 396 g/mol. The molecule has 2 aliphatic heterocycles. The van der Waals surface area contributed by atoms with Gasteiger partial charge in [0, 0.05) is 12.6 Å². The van der Waals surface area contributed by atoms with Gasteiger partial charge in [-0.05, 0) is 89.4 Å². The van der Waals surface area contributed by atoms with Crippen molar-refractivity contribution in [2.24, 2.45) is 11.3 Å². The van der Waals surface area contributed by atoms with Gasteiger partial charge in [-0.1, -0.05) is 43.9 Å². The Morgan fingerprint density at radius 1 is 0.969 bits per heavy atom. The smallest absolute Gasteiger partial charge is 0.229 e. The summed E-state index contributed by atoms with van der Waals surface area (Å²) in [5.41, 5.74) is 1.14. The minimum atomic E-state index is -0.175. The molecule has 0 bridgehead atoms. The lowest BCUT2D eigenvalue weighted by Crippen LogP contribution is -2.53. The molecule has 1 spiro atoms. The van der Waals surface area contributed by atoms with Crippen LogP contribution in [0, 0.1) is 11.3 Å². The van der Waals surface area contributed by atoms with E-state index < -0.39 is 0 Å². The van der Waals surface area contributed by atoms with Gasteiger partial charge in [0.05, 0.1) is 12.0 Å². The summed E-state index contributed by atoms with van der Waals surface area (Å²) in [4.78, 5) is 18.8. The second kappa shape index (κ2) is 11.0. The maximum absolute atomic E-state index is 14.0. The van der Waals surface area contributed by atoms with Gasteiger partial charge < -0.3 is 14.5 Å². The molecule has 1 aromatic carbocycles. The second-order valence-electron chi connectivity index (χ2n) is 10.8. The largest absolute Gasteiger partial charge is 0.491 e. The number of aryl methyl sites for hydroxylation is 1. The van der Waals surface area contributed by atoms with Crippen molar-refractivity contribution in [3.05, 3.63) is 29.8 Å². The maximum atomic E-state index is 14.0. The number of hydrogen-bond acceptors (Lipinski definition) is 3. The van der Waals surface area contributed by atoms with Gasteiger partial charge in [-0.25, -0.2) is 0 Å². The van der Waals surface area contributed by atoms with E-state index in [1.54, 1.807) is 0 Å². The number of likely N-dealkylation sites (tertiary alicyclic amines) is 1. The van der Waals surface area contributed by atoms with Gasteiger partial charge in [-0.15, -0.1) is 0 Å². The number of hydrogen-bond donors (Lipinski definition) is 0. The SMILES string of the molecule is CC(C)N1CCOc2ccccc2CCCCC2(CCN(CC3CCCCC3)CC2)C1=O. The molecule has 1 amide bonds. The topological polar surface area (TPSA) is 32.8 Å².